The summed E-state index contributed by atoms with van der Waals surface area (Å²) in [6, 6.07) is 15.5. The minimum atomic E-state index is -1.21. The molecule has 2 atom stereocenters. The first kappa shape index (κ1) is 20.8. The zero-order chi connectivity index (χ0) is 21.8. The van der Waals surface area contributed by atoms with Gasteiger partial charge in [0, 0.05) is 5.92 Å². The second-order valence-electron chi connectivity index (χ2n) is 7.37. The third-order valence-electron chi connectivity index (χ3n) is 5.43. The lowest BCUT2D eigenvalue weighted by Gasteiger charge is -2.19. The van der Waals surface area contributed by atoms with Crippen molar-refractivity contribution in [1.82, 2.24) is 10.8 Å². The maximum Gasteiger partial charge on any atom is 0.407 e. The van der Waals surface area contributed by atoms with Crippen molar-refractivity contribution in [3.63, 3.8) is 0 Å². The molecule has 2 aromatic rings. The number of rotatable bonds is 7. The van der Waals surface area contributed by atoms with Crippen molar-refractivity contribution in [2.45, 2.75) is 12.0 Å². The van der Waals surface area contributed by atoms with E-state index in [4.69, 9.17) is 14.6 Å². The van der Waals surface area contributed by atoms with Crippen molar-refractivity contribution in [3.8, 4) is 11.1 Å². The van der Waals surface area contributed by atoms with Crippen molar-refractivity contribution in [2.75, 3.05) is 26.4 Å². The van der Waals surface area contributed by atoms with Gasteiger partial charge in [-0.15, -0.1) is 0 Å². The van der Waals surface area contributed by atoms with Crippen molar-refractivity contribution in [2.24, 2.45) is 5.92 Å². The van der Waals surface area contributed by atoms with Crippen LogP contribution >= 0.6 is 0 Å². The lowest BCUT2D eigenvalue weighted by molar-refractivity contribution is -0.150. The zero-order valence-electron chi connectivity index (χ0n) is 16.6. The third-order valence-corrected chi connectivity index (χ3v) is 5.43. The Hall–Kier alpha value is -3.43. The Morgan fingerprint density at radius 3 is 2.29 bits per heavy atom. The highest BCUT2D eigenvalue weighted by atomic mass is 16.7. The molecule has 2 unspecified atom stereocenters. The van der Waals surface area contributed by atoms with Crippen LogP contribution in [0.3, 0.4) is 0 Å². The van der Waals surface area contributed by atoms with E-state index < -0.39 is 36.5 Å². The van der Waals surface area contributed by atoms with Gasteiger partial charge in [-0.05, 0) is 22.3 Å². The number of aliphatic carboxylic acids is 1. The molecule has 2 aromatic carbocycles. The molecule has 0 aromatic heterocycles. The molecule has 1 aliphatic carbocycles. The molecular formula is C22H22N2O7. The quantitative estimate of drug-likeness (QED) is 0.576. The SMILES string of the molecule is O=C(O)CONC(=O)C1COCC1NC(=O)OCC1c2ccccc2-c2ccccc21. The van der Waals surface area contributed by atoms with E-state index in [0.29, 0.717) is 0 Å². The molecule has 1 fully saturated rings. The van der Waals surface area contributed by atoms with E-state index in [1.165, 1.54) is 0 Å². The number of carboxylic acids is 1. The summed E-state index contributed by atoms with van der Waals surface area (Å²) in [4.78, 5) is 39.7. The van der Waals surface area contributed by atoms with Gasteiger partial charge in [0.1, 0.15) is 6.61 Å². The molecule has 9 heteroatoms. The largest absolute Gasteiger partial charge is 0.479 e. The van der Waals surface area contributed by atoms with Crippen molar-refractivity contribution in [3.05, 3.63) is 59.7 Å². The van der Waals surface area contributed by atoms with Crippen LogP contribution in [-0.4, -0.2) is 55.5 Å². The molecule has 2 aliphatic rings. The summed E-state index contributed by atoms with van der Waals surface area (Å²) in [7, 11) is 0. The van der Waals surface area contributed by atoms with E-state index in [2.05, 4.69) is 27.8 Å². The number of fused-ring (bicyclic) bond motifs is 3. The van der Waals surface area contributed by atoms with Crippen LogP contribution in [0.5, 0.6) is 0 Å². The molecule has 31 heavy (non-hydrogen) atoms. The topological polar surface area (TPSA) is 123 Å². The number of hydrogen-bond acceptors (Lipinski definition) is 6. The number of alkyl carbamates (subject to hydrolysis) is 1. The average Bonchev–Trinajstić information content (AvgIpc) is 3.34. The summed E-state index contributed by atoms with van der Waals surface area (Å²) in [6.45, 7) is -0.284. The number of carboxylic acid groups (broad SMARTS) is 1. The maximum absolute atomic E-state index is 12.4. The van der Waals surface area contributed by atoms with Crippen LogP contribution in [-0.2, 0) is 23.9 Å². The lowest BCUT2D eigenvalue weighted by atomic mass is 9.98. The van der Waals surface area contributed by atoms with Crippen molar-refractivity contribution >= 4 is 18.0 Å². The van der Waals surface area contributed by atoms with Crippen LogP contribution in [0.15, 0.2) is 48.5 Å². The molecular weight excluding hydrogens is 404 g/mol. The molecule has 2 amide bonds. The molecule has 1 heterocycles. The molecule has 4 rings (SSSR count). The van der Waals surface area contributed by atoms with E-state index in [1.807, 2.05) is 36.4 Å². The minimum absolute atomic E-state index is 0.0681. The molecule has 0 bridgehead atoms. The maximum atomic E-state index is 12.4. The Bertz CT molecular complexity index is 948. The standard InChI is InChI=1S/C22H22N2O7/c25-20(26)12-31-24-21(27)18-9-29-11-19(18)23-22(28)30-10-17-15-7-3-1-5-13(15)14-6-2-4-8-16(14)17/h1-8,17-19H,9-12H2,(H,23,28)(H,24,27)(H,25,26). The molecule has 3 N–H and O–H groups in total. The first-order valence-electron chi connectivity index (χ1n) is 9.87. The Kier molecular flexibility index (Phi) is 6.15. The van der Waals surface area contributed by atoms with Gasteiger partial charge in [-0.2, -0.15) is 0 Å². The summed E-state index contributed by atoms with van der Waals surface area (Å²) in [6.07, 6.45) is -0.651. The molecule has 0 saturated carbocycles. The summed E-state index contributed by atoms with van der Waals surface area (Å²) in [5.41, 5.74) is 6.54. The van der Waals surface area contributed by atoms with Gasteiger partial charge in [-0.1, -0.05) is 48.5 Å². The Morgan fingerprint density at radius 1 is 1.00 bits per heavy atom. The molecule has 9 nitrogen and oxygen atoms in total. The highest BCUT2D eigenvalue weighted by Gasteiger charge is 2.36. The van der Waals surface area contributed by atoms with Gasteiger partial charge in [-0.25, -0.2) is 15.1 Å². The van der Waals surface area contributed by atoms with E-state index in [-0.39, 0.29) is 25.7 Å². The Morgan fingerprint density at radius 2 is 1.65 bits per heavy atom. The van der Waals surface area contributed by atoms with E-state index >= 15 is 0 Å². The number of benzene rings is 2. The van der Waals surface area contributed by atoms with Crippen molar-refractivity contribution < 1.29 is 33.8 Å². The van der Waals surface area contributed by atoms with Crippen LogP contribution in [0.4, 0.5) is 4.79 Å². The monoisotopic (exact) mass is 426 g/mol. The normalized spacial score (nSPS) is 19.4. The fourth-order valence-electron chi connectivity index (χ4n) is 3.99. The van der Waals surface area contributed by atoms with Gasteiger partial charge in [-0.3, -0.25) is 9.63 Å². The van der Waals surface area contributed by atoms with Gasteiger partial charge < -0.3 is 19.9 Å². The fraction of sp³-hybridized carbons (Fsp3) is 0.318. The fourth-order valence-corrected chi connectivity index (χ4v) is 3.99. The first-order chi connectivity index (χ1) is 15.0. The molecule has 1 aliphatic heterocycles. The smallest absolute Gasteiger partial charge is 0.407 e. The van der Waals surface area contributed by atoms with Gasteiger partial charge in [0.05, 0.1) is 25.2 Å². The van der Waals surface area contributed by atoms with Crippen LogP contribution < -0.4 is 10.8 Å². The van der Waals surface area contributed by atoms with Gasteiger partial charge in [0.2, 0.25) is 0 Å². The summed E-state index contributed by atoms with van der Waals surface area (Å²) in [5.74, 6) is -2.56. The third kappa shape index (κ3) is 4.52. The number of hydroxylamine groups is 1. The Labute approximate surface area is 178 Å². The Balaban J connectivity index is 1.34. The second kappa shape index (κ2) is 9.15. The van der Waals surface area contributed by atoms with E-state index in [1.54, 1.807) is 0 Å². The van der Waals surface area contributed by atoms with E-state index in [0.717, 1.165) is 22.3 Å². The first-order valence-corrected chi connectivity index (χ1v) is 9.87. The number of carbonyl (C=O) groups is 3. The number of amides is 2. The van der Waals surface area contributed by atoms with E-state index in [9.17, 15) is 14.4 Å². The second-order valence-corrected chi connectivity index (χ2v) is 7.37. The van der Waals surface area contributed by atoms with Gasteiger partial charge >= 0.3 is 12.1 Å². The van der Waals surface area contributed by atoms with Gasteiger partial charge in [0.15, 0.2) is 6.61 Å². The summed E-state index contributed by atoms with van der Waals surface area (Å²) in [5, 5.41) is 11.2. The highest BCUT2D eigenvalue weighted by Crippen LogP contribution is 2.44. The number of ether oxygens (including phenoxy) is 2. The minimum Gasteiger partial charge on any atom is -0.479 e. The predicted molar refractivity (Wildman–Crippen MR) is 108 cm³/mol. The molecule has 162 valence electrons. The molecule has 0 radical (unpaired) electrons. The average molecular weight is 426 g/mol. The van der Waals surface area contributed by atoms with Crippen LogP contribution in [0.25, 0.3) is 11.1 Å². The molecule has 1 saturated heterocycles. The lowest BCUT2D eigenvalue weighted by Crippen LogP contribution is -2.46. The van der Waals surface area contributed by atoms with Crippen LogP contribution in [0.1, 0.15) is 17.0 Å². The van der Waals surface area contributed by atoms with Crippen LogP contribution in [0, 0.1) is 5.92 Å². The predicted octanol–water partition coefficient (Wildman–Crippen LogP) is 1.67. The highest BCUT2D eigenvalue weighted by molar-refractivity contribution is 5.81. The number of carbonyl (C=O) groups excluding carboxylic acids is 2. The summed E-state index contributed by atoms with van der Waals surface area (Å²) >= 11 is 0. The summed E-state index contributed by atoms with van der Waals surface area (Å²) < 4.78 is 10.8. The number of hydrogen-bond donors (Lipinski definition) is 3. The van der Waals surface area contributed by atoms with Gasteiger partial charge in [0.25, 0.3) is 5.91 Å². The van der Waals surface area contributed by atoms with Crippen molar-refractivity contribution in [1.29, 1.82) is 0 Å². The van der Waals surface area contributed by atoms with Crippen LogP contribution in [0.2, 0.25) is 0 Å². The number of nitrogens with one attached hydrogen (secondary N) is 2. The zero-order valence-corrected chi connectivity index (χ0v) is 16.6. The molecule has 0 spiro atoms.